The quantitative estimate of drug-likeness (QED) is 0.569. The van der Waals surface area contributed by atoms with E-state index in [9.17, 15) is 9.59 Å². The fourth-order valence-electron chi connectivity index (χ4n) is 3.73. The molecule has 0 heterocycles. The van der Waals surface area contributed by atoms with Crippen molar-refractivity contribution < 1.29 is 14.3 Å². The van der Waals surface area contributed by atoms with Gasteiger partial charge in [-0.25, -0.2) is 0 Å². The number of carbonyl (C=O) groups excluding carboxylic acids is 2. The van der Waals surface area contributed by atoms with Gasteiger partial charge in [0.15, 0.2) is 5.78 Å². The minimum absolute atomic E-state index is 0.0577. The fraction of sp³-hybridized carbons (Fsp3) is 0.579. The van der Waals surface area contributed by atoms with Crippen LogP contribution in [0.1, 0.15) is 47.5 Å². The maximum Gasteiger partial charge on any atom is 0.310 e. The molecule has 0 aromatic rings. The molecule has 3 nitrogen and oxygen atoms in total. The van der Waals surface area contributed by atoms with Crippen LogP contribution in [0, 0.1) is 17.3 Å². The van der Waals surface area contributed by atoms with Crippen molar-refractivity contribution in [1.82, 2.24) is 0 Å². The lowest BCUT2D eigenvalue weighted by molar-refractivity contribution is -0.150. The van der Waals surface area contributed by atoms with Gasteiger partial charge in [-0.1, -0.05) is 31.6 Å². The molecule has 2 rings (SSSR count). The molecule has 1 saturated carbocycles. The molecular formula is C19H26O3. The molecule has 0 radical (unpaired) electrons. The van der Waals surface area contributed by atoms with Crippen LogP contribution in [0.5, 0.6) is 0 Å². The number of hydrogen-bond donors (Lipinski definition) is 0. The normalized spacial score (nSPS) is 30.5. The van der Waals surface area contributed by atoms with Gasteiger partial charge in [0.1, 0.15) is 6.10 Å². The summed E-state index contributed by atoms with van der Waals surface area (Å²) in [6, 6.07) is 0. The maximum atomic E-state index is 12.5. The van der Waals surface area contributed by atoms with E-state index in [1.54, 1.807) is 6.08 Å². The van der Waals surface area contributed by atoms with Gasteiger partial charge in [-0.3, -0.25) is 9.59 Å². The molecule has 0 unspecified atom stereocenters. The third-order valence-electron chi connectivity index (χ3n) is 5.30. The number of rotatable bonds is 5. The molecular weight excluding hydrogens is 276 g/mol. The lowest BCUT2D eigenvalue weighted by atomic mass is 10.0. The van der Waals surface area contributed by atoms with Crippen LogP contribution in [-0.4, -0.2) is 17.9 Å². The summed E-state index contributed by atoms with van der Waals surface area (Å²) in [4.78, 5) is 24.5. The van der Waals surface area contributed by atoms with Crippen molar-refractivity contribution >= 4 is 11.8 Å². The van der Waals surface area contributed by atoms with Crippen LogP contribution in [0.2, 0.25) is 0 Å². The summed E-state index contributed by atoms with van der Waals surface area (Å²) in [7, 11) is 0. The zero-order valence-electron chi connectivity index (χ0n) is 14.2. The SMILES string of the molecule is C=CCC1=C(C)[C@H](OC(=O)[C@H]2[C@H](/C(C)=C/C)C2(C)C)CC1=O. The number of ketones is 1. The van der Waals surface area contributed by atoms with Gasteiger partial charge in [-0.2, -0.15) is 0 Å². The number of carbonyl (C=O) groups is 2. The van der Waals surface area contributed by atoms with Crippen LogP contribution >= 0.6 is 0 Å². The van der Waals surface area contributed by atoms with Gasteiger partial charge in [0, 0.05) is 5.57 Å². The van der Waals surface area contributed by atoms with E-state index in [0.29, 0.717) is 6.42 Å². The molecule has 0 aromatic carbocycles. The third kappa shape index (κ3) is 2.69. The highest BCUT2D eigenvalue weighted by Crippen LogP contribution is 2.62. The van der Waals surface area contributed by atoms with Crippen molar-refractivity contribution in [3.05, 3.63) is 35.5 Å². The summed E-state index contributed by atoms with van der Waals surface area (Å²) >= 11 is 0. The molecule has 2 aliphatic rings. The van der Waals surface area contributed by atoms with Crippen molar-refractivity contribution in [2.24, 2.45) is 17.3 Å². The second-order valence-corrected chi connectivity index (χ2v) is 7.02. The lowest BCUT2D eigenvalue weighted by Crippen LogP contribution is -2.20. The minimum Gasteiger partial charge on any atom is -0.457 e. The first-order valence-electron chi connectivity index (χ1n) is 7.92. The zero-order chi connectivity index (χ0) is 16.7. The first-order chi connectivity index (χ1) is 10.3. The largest absolute Gasteiger partial charge is 0.457 e. The van der Waals surface area contributed by atoms with Gasteiger partial charge in [-0.05, 0) is 44.1 Å². The van der Waals surface area contributed by atoms with Gasteiger partial charge in [0.2, 0.25) is 0 Å². The van der Waals surface area contributed by atoms with E-state index in [1.165, 1.54) is 5.57 Å². The number of Topliss-reactive ketones (excluding diaryl/α,β-unsaturated/α-hetero) is 1. The summed E-state index contributed by atoms with van der Waals surface area (Å²) < 4.78 is 5.68. The van der Waals surface area contributed by atoms with Crippen LogP contribution < -0.4 is 0 Å². The molecule has 0 amide bonds. The van der Waals surface area contributed by atoms with Crippen molar-refractivity contribution in [2.45, 2.75) is 53.6 Å². The molecule has 0 aliphatic heterocycles. The Bertz CT molecular complexity index is 577. The molecule has 0 N–H and O–H groups in total. The van der Waals surface area contributed by atoms with E-state index >= 15 is 0 Å². The van der Waals surface area contributed by atoms with Crippen molar-refractivity contribution in [2.75, 3.05) is 0 Å². The maximum absolute atomic E-state index is 12.5. The monoisotopic (exact) mass is 302 g/mol. The number of hydrogen-bond acceptors (Lipinski definition) is 3. The Morgan fingerprint density at radius 2 is 2.05 bits per heavy atom. The first-order valence-corrected chi connectivity index (χ1v) is 7.92. The van der Waals surface area contributed by atoms with Crippen molar-refractivity contribution in [3.8, 4) is 0 Å². The summed E-state index contributed by atoms with van der Waals surface area (Å²) in [5, 5.41) is 0. The van der Waals surface area contributed by atoms with Crippen LogP contribution in [0.15, 0.2) is 35.5 Å². The second-order valence-electron chi connectivity index (χ2n) is 7.02. The highest BCUT2D eigenvalue weighted by atomic mass is 16.5. The number of allylic oxidation sites excluding steroid dienone is 4. The Balaban J connectivity index is 2.08. The van der Waals surface area contributed by atoms with E-state index in [0.717, 1.165) is 11.1 Å². The van der Waals surface area contributed by atoms with E-state index < -0.39 is 6.10 Å². The van der Waals surface area contributed by atoms with Crippen LogP contribution in [0.3, 0.4) is 0 Å². The van der Waals surface area contributed by atoms with E-state index in [2.05, 4.69) is 33.4 Å². The molecule has 22 heavy (non-hydrogen) atoms. The molecule has 3 heteroatoms. The van der Waals surface area contributed by atoms with Crippen molar-refractivity contribution in [1.29, 1.82) is 0 Å². The van der Waals surface area contributed by atoms with E-state index in [-0.39, 0.29) is 35.4 Å². The summed E-state index contributed by atoms with van der Waals surface area (Å²) in [6.45, 7) is 13.8. The molecule has 0 spiro atoms. The second kappa shape index (κ2) is 5.86. The number of ether oxygens (including phenoxy) is 1. The van der Waals surface area contributed by atoms with Gasteiger partial charge >= 0.3 is 5.97 Å². The first kappa shape index (κ1) is 16.7. The molecule has 0 bridgehead atoms. The van der Waals surface area contributed by atoms with Gasteiger partial charge in [-0.15, -0.1) is 6.58 Å². The summed E-state index contributed by atoms with van der Waals surface area (Å²) in [5.41, 5.74) is 2.81. The number of esters is 1. The predicted octanol–water partition coefficient (Wildman–Crippen LogP) is 4.00. The summed E-state index contributed by atoms with van der Waals surface area (Å²) in [5.74, 6) is 0.0498. The topological polar surface area (TPSA) is 43.4 Å². The molecule has 0 aromatic heterocycles. The standard InChI is InChI=1S/C19H26O3/c1-7-9-13-12(4)15(10-14(13)20)22-18(21)17-16(11(3)8-2)19(17,5)6/h7-8,15-17H,1,9-10H2,2-6H3/b11-8+/t15-,16+,17-/m1/s1. The average Bonchev–Trinajstić information content (AvgIpc) is 2.95. The lowest BCUT2D eigenvalue weighted by Gasteiger charge is -2.13. The zero-order valence-corrected chi connectivity index (χ0v) is 14.2. The van der Waals surface area contributed by atoms with Crippen LogP contribution in [0.4, 0.5) is 0 Å². The average molecular weight is 302 g/mol. The third-order valence-corrected chi connectivity index (χ3v) is 5.30. The van der Waals surface area contributed by atoms with E-state index in [1.807, 2.05) is 13.8 Å². The van der Waals surface area contributed by atoms with Gasteiger partial charge < -0.3 is 4.74 Å². The highest BCUT2D eigenvalue weighted by molar-refractivity contribution is 6.00. The van der Waals surface area contributed by atoms with Crippen LogP contribution in [-0.2, 0) is 14.3 Å². The Morgan fingerprint density at radius 3 is 2.59 bits per heavy atom. The Hall–Kier alpha value is -1.64. The summed E-state index contributed by atoms with van der Waals surface area (Å²) in [6.07, 6.45) is 4.22. The Labute approximate surface area is 133 Å². The molecule has 0 saturated heterocycles. The van der Waals surface area contributed by atoms with Crippen molar-refractivity contribution in [3.63, 3.8) is 0 Å². The molecule has 120 valence electrons. The molecule has 3 atom stereocenters. The predicted molar refractivity (Wildman–Crippen MR) is 87.2 cm³/mol. The molecule has 2 aliphatic carbocycles. The van der Waals surface area contributed by atoms with E-state index in [4.69, 9.17) is 4.74 Å². The molecule has 1 fully saturated rings. The fourth-order valence-corrected chi connectivity index (χ4v) is 3.73. The van der Waals surface area contributed by atoms with Gasteiger partial charge in [0.25, 0.3) is 0 Å². The van der Waals surface area contributed by atoms with Crippen LogP contribution in [0.25, 0.3) is 0 Å². The smallest absolute Gasteiger partial charge is 0.310 e. The highest BCUT2D eigenvalue weighted by Gasteiger charge is 2.63. The Morgan fingerprint density at radius 1 is 1.41 bits per heavy atom. The van der Waals surface area contributed by atoms with Gasteiger partial charge in [0.05, 0.1) is 12.3 Å². The minimum atomic E-state index is -0.391. The Kier molecular flexibility index (Phi) is 4.46.